The van der Waals surface area contributed by atoms with Gasteiger partial charge >= 0.3 is 12.3 Å². The average Bonchev–Trinajstić information content (AvgIpc) is 2.56. The van der Waals surface area contributed by atoms with E-state index >= 15 is 0 Å². The molecule has 0 bridgehead atoms. The van der Waals surface area contributed by atoms with Crippen LogP contribution < -0.4 is 10.1 Å². The molecule has 2 rings (SSSR count). The zero-order chi connectivity index (χ0) is 19.3. The molecular formula is C18H17ClF3NO3. The minimum atomic E-state index is -4.57. The molecule has 1 N–H and O–H groups in total. The number of aryl methyl sites for hydroxylation is 2. The zero-order valence-electron chi connectivity index (χ0n) is 14.1. The van der Waals surface area contributed by atoms with Crippen molar-refractivity contribution in [2.24, 2.45) is 0 Å². The lowest BCUT2D eigenvalue weighted by Gasteiger charge is -2.14. The third-order valence-corrected chi connectivity index (χ3v) is 4.06. The van der Waals surface area contributed by atoms with E-state index in [1.54, 1.807) is 12.1 Å². The number of hydrogen-bond donors (Lipinski definition) is 1. The Morgan fingerprint density at radius 3 is 2.35 bits per heavy atom. The number of hydrogen-bond acceptors (Lipinski definition) is 3. The zero-order valence-corrected chi connectivity index (χ0v) is 14.9. The SMILES string of the molecule is Cc1cc(OCCOC(=O)Nc2ccccc2C(F)(F)F)cc(C)c1Cl. The monoisotopic (exact) mass is 387 g/mol. The third-order valence-electron chi connectivity index (χ3n) is 3.46. The van der Waals surface area contributed by atoms with Crippen molar-refractivity contribution in [1.82, 2.24) is 0 Å². The number of nitrogens with one attached hydrogen (secondary N) is 1. The molecule has 8 heteroatoms. The summed E-state index contributed by atoms with van der Waals surface area (Å²) >= 11 is 6.06. The number of carbonyl (C=O) groups excluding carboxylic acids is 1. The maximum atomic E-state index is 12.9. The first-order chi connectivity index (χ1) is 12.2. The topological polar surface area (TPSA) is 47.6 Å². The second-order valence-electron chi connectivity index (χ2n) is 5.52. The largest absolute Gasteiger partial charge is 0.490 e. The smallest absolute Gasteiger partial charge is 0.418 e. The Bertz CT molecular complexity index is 770. The van der Waals surface area contributed by atoms with Crippen molar-refractivity contribution in [2.45, 2.75) is 20.0 Å². The van der Waals surface area contributed by atoms with E-state index in [2.05, 4.69) is 5.32 Å². The van der Waals surface area contributed by atoms with Gasteiger partial charge in [0.25, 0.3) is 0 Å². The van der Waals surface area contributed by atoms with E-state index in [4.69, 9.17) is 21.1 Å². The van der Waals surface area contributed by atoms with E-state index in [9.17, 15) is 18.0 Å². The van der Waals surface area contributed by atoms with Gasteiger partial charge in [-0.25, -0.2) is 4.79 Å². The molecule has 0 radical (unpaired) electrons. The molecule has 0 aliphatic rings. The van der Waals surface area contributed by atoms with Gasteiger partial charge in [-0.15, -0.1) is 0 Å². The quantitative estimate of drug-likeness (QED) is 0.679. The molecule has 26 heavy (non-hydrogen) atoms. The van der Waals surface area contributed by atoms with Gasteiger partial charge in [0.1, 0.15) is 19.0 Å². The van der Waals surface area contributed by atoms with E-state index in [0.717, 1.165) is 23.3 Å². The Morgan fingerprint density at radius 2 is 1.73 bits per heavy atom. The summed E-state index contributed by atoms with van der Waals surface area (Å²) in [6.07, 6.45) is -5.56. The Kier molecular flexibility index (Phi) is 6.37. The summed E-state index contributed by atoms with van der Waals surface area (Å²) in [5.41, 5.74) is 0.392. The van der Waals surface area contributed by atoms with E-state index in [0.29, 0.717) is 10.8 Å². The molecule has 2 aromatic carbocycles. The van der Waals surface area contributed by atoms with Gasteiger partial charge in [-0.3, -0.25) is 5.32 Å². The van der Waals surface area contributed by atoms with Gasteiger partial charge in [0.15, 0.2) is 0 Å². The second kappa shape index (κ2) is 8.31. The maximum Gasteiger partial charge on any atom is 0.418 e. The summed E-state index contributed by atoms with van der Waals surface area (Å²) in [5.74, 6) is 0.566. The van der Waals surface area contributed by atoms with Crippen molar-refractivity contribution in [3.8, 4) is 5.75 Å². The predicted molar refractivity (Wildman–Crippen MR) is 92.8 cm³/mol. The fourth-order valence-corrected chi connectivity index (χ4v) is 2.38. The predicted octanol–water partition coefficient (Wildman–Crippen LogP) is 5.60. The number of anilines is 1. The molecule has 4 nitrogen and oxygen atoms in total. The summed E-state index contributed by atoms with van der Waals surface area (Å²) in [4.78, 5) is 11.7. The number of carbonyl (C=O) groups is 1. The van der Waals surface area contributed by atoms with Crippen LogP contribution in [0.15, 0.2) is 36.4 Å². The Morgan fingerprint density at radius 1 is 1.12 bits per heavy atom. The van der Waals surface area contributed by atoms with E-state index in [1.807, 2.05) is 13.8 Å². The molecule has 0 unspecified atom stereocenters. The lowest BCUT2D eigenvalue weighted by molar-refractivity contribution is -0.136. The summed E-state index contributed by atoms with van der Waals surface area (Å²) < 4.78 is 48.9. The number of halogens is 4. The van der Waals surface area contributed by atoms with Crippen LogP contribution in [0.5, 0.6) is 5.75 Å². The lowest BCUT2D eigenvalue weighted by Crippen LogP contribution is -2.20. The molecule has 0 heterocycles. The molecule has 140 valence electrons. The average molecular weight is 388 g/mol. The van der Waals surface area contributed by atoms with Crippen molar-refractivity contribution in [3.63, 3.8) is 0 Å². The van der Waals surface area contributed by atoms with Crippen molar-refractivity contribution >= 4 is 23.4 Å². The van der Waals surface area contributed by atoms with Crippen molar-refractivity contribution < 1.29 is 27.4 Å². The summed E-state index contributed by atoms with van der Waals surface area (Å²) in [6.45, 7) is 3.60. The molecule has 0 spiro atoms. The normalized spacial score (nSPS) is 11.2. The summed E-state index contributed by atoms with van der Waals surface area (Å²) in [7, 11) is 0. The van der Waals surface area contributed by atoms with Crippen LogP contribution in [-0.4, -0.2) is 19.3 Å². The number of ether oxygens (including phenoxy) is 2. The van der Waals surface area contributed by atoms with E-state index in [-0.39, 0.29) is 18.9 Å². The van der Waals surface area contributed by atoms with Crippen LogP contribution in [0.2, 0.25) is 5.02 Å². The standard InChI is InChI=1S/C18H17ClF3NO3/c1-11-9-13(10-12(2)16(11)19)25-7-8-26-17(24)23-15-6-4-3-5-14(15)18(20,21)22/h3-6,9-10H,7-8H2,1-2H3,(H,23,24). The van der Waals surface area contributed by atoms with Gasteiger partial charge in [0, 0.05) is 5.02 Å². The molecule has 0 aliphatic heterocycles. The van der Waals surface area contributed by atoms with Crippen LogP contribution in [0, 0.1) is 13.8 Å². The number of alkyl halides is 3. The van der Waals surface area contributed by atoms with Crippen LogP contribution >= 0.6 is 11.6 Å². The Labute approximate surface area is 153 Å². The third kappa shape index (κ3) is 5.29. The second-order valence-corrected chi connectivity index (χ2v) is 5.90. The van der Waals surface area contributed by atoms with Crippen molar-refractivity contribution in [1.29, 1.82) is 0 Å². The molecular weight excluding hydrogens is 371 g/mol. The minimum absolute atomic E-state index is 0.0504. The molecule has 0 atom stereocenters. The first-order valence-corrected chi connectivity index (χ1v) is 8.06. The highest BCUT2D eigenvalue weighted by molar-refractivity contribution is 6.32. The molecule has 0 aromatic heterocycles. The summed E-state index contributed by atoms with van der Waals surface area (Å²) in [5, 5.41) is 2.74. The van der Waals surface area contributed by atoms with E-state index in [1.165, 1.54) is 12.1 Å². The van der Waals surface area contributed by atoms with Gasteiger partial charge in [-0.05, 0) is 49.2 Å². The van der Waals surface area contributed by atoms with Gasteiger partial charge in [-0.2, -0.15) is 13.2 Å². The fourth-order valence-electron chi connectivity index (χ4n) is 2.27. The number of amides is 1. The molecule has 1 amide bonds. The van der Waals surface area contributed by atoms with Gasteiger partial charge in [0.05, 0.1) is 11.3 Å². The first-order valence-electron chi connectivity index (χ1n) is 7.68. The fraction of sp³-hybridized carbons (Fsp3) is 0.278. The molecule has 0 aliphatic carbocycles. The Hall–Kier alpha value is -2.41. The highest BCUT2D eigenvalue weighted by Crippen LogP contribution is 2.34. The van der Waals surface area contributed by atoms with E-state index < -0.39 is 17.8 Å². The molecule has 2 aromatic rings. The molecule has 0 saturated heterocycles. The Balaban J connectivity index is 1.85. The van der Waals surface area contributed by atoms with Crippen molar-refractivity contribution in [3.05, 3.63) is 58.1 Å². The van der Waals surface area contributed by atoms with Crippen molar-refractivity contribution in [2.75, 3.05) is 18.5 Å². The molecule has 0 fully saturated rings. The van der Waals surface area contributed by atoms with Crippen LogP contribution in [0.4, 0.5) is 23.7 Å². The molecule has 0 saturated carbocycles. The maximum absolute atomic E-state index is 12.9. The lowest BCUT2D eigenvalue weighted by atomic mass is 10.1. The van der Waals surface area contributed by atoms with Crippen LogP contribution in [0.1, 0.15) is 16.7 Å². The summed E-state index contributed by atoms with van der Waals surface area (Å²) in [6, 6.07) is 8.15. The number of benzene rings is 2. The highest BCUT2D eigenvalue weighted by Gasteiger charge is 2.33. The van der Waals surface area contributed by atoms with Gasteiger partial charge in [-0.1, -0.05) is 23.7 Å². The number of para-hydroxylation sites is 1. The highest BCUT2D eigenvalue weighted by atomic mass is 35.5. The minimum Gasteiger partial charge on any atom is -0.490 e. The van der Waals surface area contributed by atoms with Crippen LogP contribution in [0.25, 0.3) is 0 Å². The van der Waals surface area contributed by atoms with Gasteiger partial charge < -0.3 is 9.47 Å². The van der Waals surface area contributed by atoms with Gasteiger partial charge in [0.2, 0.25) is 0 Å². The van der Waals surface area contributed by atoms with Crippen LogP contribution in [-0.2, 0) is 10.9 Å². The first kappa shape index (κ1) is 19.9. The van der Waals surface area contributed by atoms with Crippen LogP contribution in [0.3, 0.4) is 0 Å². The number of rotatable bonds is 5.